The number of pyridine rings is 1. The van der Waals surface area contributed by atoms with Crippen LogP contribution in [0.15, 0.2) is 74.4 Å². The Hall–Kier alpha value is -3.41. The number of hydrogen-bond acceptors (Lipinski definition) is 5. The van der Waals surface area contributed by atoms with Crippen LogP contribution in [0, 0.1) is 20.8 Å². The third kappa shape index (κ3) is 4.49. The maximum Gasteiger partial charge on any atom is 0.336 e. The Morgan fingerprint density at radius 2 is 1.71 bits per heavy atom. The first-order valence-corrected chi connectivity index (χ1v) is 11.2. The maximum absolute atomic E-state index is 12.4. The molecule has 0 aliphatic rings. The van der Waals surface area contributed by atoms with E-state index in [1.807, 2.05) is 51.2 Å². The van der Waals surface area contributed by atoms with Crippen LogP contribution in [0.1, 0.15) is 27.9 Å². The molecular weight excluding hydrogens is 448 g/mol. The van der Waals surface area contributed by atoms with Gasteiger partial charge in [0.2, 0.25) is 0 Å². The molecule has 6 heteroatoms. The monoisotopic (exact) mass is 474 g/mol. The molecule has 0 amide bonds. The molecule has 3 aromatic heterocycles. The predicted octanol–water partition coefficient (Wildman–Crippen LogP) is 6.28. The van der Waals surface area contributed by atoms with Crippen molar-refractivity contribution >= 4 is 34.3 Å². The molecule has 0 spiro atoms. The average Bonchev–Trinajstić information content (AvgIpc) is 3.27. The largest absolute Gasteiger partial charge is 0.454 e. The summed E-state index contributed by atoms with van der Waals surface area (Å²) in [6.45, 7) is 7.47. The summed E-state index contributed by atoms with van der Waals surface area (Å²) in [5.74, 6) is 0.646. The van der Waals surface area contributed by atoms with E-state index in [0.29, 0.717) is 17.9 Å². The standard InChI is InChI=1S/C28H26N2O3.ClH/c1-17-9-10-22-24(14-26(31)33-27(22)18(17)2)25-13-23-21(16-30-19(3)28(23)32-25)15-29-12-11-20-7-5-4-6-8-20;/h4-10,13-14,16,29H,11-12,15H2,1-3H3;1H. The Morgan fingerprint density at radius 3 is 2.50 bits per heavy atom. The number of furan rings is 1. The third-order valence-electron chi connectivity index (χ3n) is 6.27. The summed E-state index contributed by atoms with van der Waals surface area (Å²) in [6, 6.07) is 18.0. The van der Waals surface area contributed by atoms with Crippen molar-refractivity contribution < 1.29 is 8.83 Å². The summed E-state index contributed by atoms with van der Waals surface area (Å²) in [7, 11) is 0. The summed E-state index contributed by atoms with van der Waals surface area (Å²) in [5.41, 5.74) is 6.95. The molecule has 0 unspecified atom stereocenters. The fourth-order valence-electron chi connectivity index (χ4n) is 4.24. The Labute approximate surface area is 204 Å². The Morgan fingerprint density at radius 1 is 0.912 bits per heavy atom. The van der Waals surface area contributed by atoms with Crippen molar-refractivity contribution in [2.45, 2.75) is 33.7 Å². The molecule has 0 saturated carbocycles. The number of aryl methyl sites for hydroxylation is 3. The maximum atomic E-state index is 12.4. The van der Waals surface area contributed by atoms with E-state index < -0.39 is 0 Å². The lowest BCUT2D eigenvalue weighted by molar-refractivity contribution is 0.557. The molecule has 0 bridgehead atoms. The highest BCUT2D eigenvalue weighted by atomic mass is 35.5. The van der Waals surface area contributed by atoms with Crippen LogP contribution in [0.25, 0.3) is 33.3 Å². The van der Waals surface area contributed by atoms with Crippen LogP contribution < -0.4 is 10.9 Å². The molecule has 3 heterocycles. The van der Waals surface area contributed by atoms with Gasteiger partial charge >= 0.3 is 5.63 Å². The summed E-state index contributed by atoms with van der Waals surface area (Å²) in [6.07, 6.45) is 2.86. The van der Waals surface area contributed by atoms with Crippen LogP contribution in [0.3, 0.4) is 0 Å². The molecule has 0 radical (unpaired) electrons. The summed E-state index contributed by atoms with van der Waals surface area (Å²) in [5, 5.41) is 5.39. The van der Waals surface area contributed by atoms with Gasteiger partial charge < -0.3 is 14.2 Å². The van der Waals surface area contributed by atoms with Crippen molar-refractivity contribution in [1.29, 1.82) is 0 Å². The number of aromatic nitrogens is 1. The fraction of sp³-hybridized carbons (Fsp3) is 0.214. The Bertz CT molecular complexity index is 1520. The van der Waals surface area contributed by atoms with E-state index in [4.69, 9.17) is 8.83 Å². The van der Waals surface area contributed by atoms with Crippen molar-refractivity contribution in [1.82, 2.24) is 10.3 Å². The smallest absolute Gasteiger partial charge is 0.336 e. The molecule has 0 atom stereocenters. The van der Waals surface area contributed by atoms with Crippen LogP contribution in [0.5, 0.6) is 0 Å². The molecule has 0 fully saturated rings. The molecule has 5 rings (SSSR count). The topological polar surface area (TPSA) is 68.3 Å². The lowest BCUT2D eigenvalue weighted by Crippen LogP contribution is -2.17. The number of rotatable bonds is 6. The van der Waals surface area contributed by atoms with Gasteiger partial charge in [0, 0.05) is 35.1 Å². The van der Waals surface area contributed by atoms with E-state index in [1.165, 1.54) is 11.6 Å². The second-order valence-electron chi connectivity index (χ2n) is 8.50. The van der Waals surface area contributed by atoms with Gasteiger partial charge in [0.1, 0.15) is 11.3 Å². The molecule has 0 aliphatic heterocycles. The van der Waals surface area contributed by atoms with E-state index in [-0.39, 0.29) is 18.0 Å². The lowest BCUT2D eigenvalue weighted by Gasteiger charge is -2.07. The highest BCUT2D eigenvalue weighted by Crippen LogP contribution is 2.35. The van der Waals surface area contributed by atoms with Gasteiger partial charge in [0.15, 0.2) is 5.58 Å². The number of nitrogens with zero attached hydrogens (tertiary/aromatic N) is 1. The van der Waals surface area contributed by atoms with E-state index in [0.717, 1.165) is 57.3 Å². The summed E-state index contributed by atoms with van der Waals surface area (Å²) < 4.78 is 11.8. The van der Waals surface area contributed by atoms with Crippen molar-refractivity contribution in [2.75, 3.05) is 6.54 Å². The second kappa shape index (κ2) is 9.84. The van der Waals surface area contributed by atoms with Crippen LogP contribution in [-0.2, 0) is 13.0 Å². The molecule has 174 valence electrons. The SMILES string of the molecule is Cc1ccc2c(-c3cc4c(CNCCc5ccccc5)cnc(C)c4o3)cc(=O)oc2c1C.Cl. The quantitative estimate of drug-likeness (QED) is 0.231. The van der Waals surface area contributed by atoms with Crippen LogP contribution >= 0.6 is 12.4 Å². The minimum Gasteiger partial charge on any atom is -0.454 e. The highest BCUT2D eigenvalue weighted by molar-refractivity contribution is 5.97. The van der Waals surface area contributed by atoms with Crippen molar-refractivity contribution in [2.24, 2.45) is 0 Å². The average molecular weight is 475 g/mol. The van der Waals surface area contributed by atoms with Gasteiger partial charge in [0.25, 0.3) is 0 Å². The zero-order valence-electron chi connectivity index (χ0n) is 19.5. The third-order valence-corrected chi connectivity index (χ3v) is 6.27. The Kier molecular flexibility index (Phi) is 6.87. The highest BCUT2D eigenvalue weighted by Gasteiger charge is 2.17. The van der Waals surface area contributed by atoms with Gasteiger partial charge in [-0.2, -0.15) is 0 Å². The minimum atomic E-state index is -0.385. The number of nitrogens with one attached hydrogen (secondary N) is 1. The van der Waals surface area contributed by atoms with Crippen LogP contribution in [0.4, 0.5) is 0 Å². The normalized spacial score (nSPS) is 11.1. The van der Waals surface area contributed by atoms with Crippen LogP contribution in [0.2, 0.25) is 0 Å². The molecule has 1 N–H and O–H groups in total. The molecule has 5 nitrogen and oxygen atoms in total. The van der Waals surface area contributed by atoms with Crippen LogP contribution in [-0.4, -0.2) is 11.5 Å². The molecule has 0 aliphatic carbocycles. The zero-order chi connectivity index (χ0) is 22.9. The number of hydrogen-bond donors (Lipinski definition) is 1. The minimum absolute atomic E-state index is 0. The van der Waals surface area contributed by atoms with E-state index in [1.54, 1.807) is 0 Å². The first-order valence-electron chi connectivity index (χ1n) is 11.2. The zero-order valence-corrected chi connectivity index (χ0v) is 20.3. The van der Waals surface area contributed by atoms with Gasteiger partial charge in [-0.05, 0) is 62.1 Å². The van der Waals surface area contributed by atoms with Gasteiger partial charge in [-0.3, -0.25) is 4.98 Å². The van der Waals surface area contributed by atoms with E-state index in [9.17, 15) is 4.79 Å². The summed E-state index contributed by atoms with van der Waals surface area (Å²) >= 11 is 0. The number of benzene rings is 2. The van der Waals surface area contributed by atoms with Gasteiger partial charge in [-0.1, -0.05) is 42.5 Å². The van der Waals surface area contributed by atoms with E-state index in [2.05, 4.69) is 34.6 Å². The van der Waals surface area contributed by atoms with Gasteiger partial charge in [-0.15, -0.1) is 12.4 Å². The summed E-state index contributed by atoms with van der Waals surface area (Å²) in [4.78, 5) is 16.9. The van der Waals surface area contributed by atoms with E-state index >= 15 is 0 Å². The number of fused-ring (bicyclic) bond motifs is 2. The molecule has 34 heavy (non-hydrogen) atoms. The van der Waals surface area contributed by atoms with Crippen molar-refractivity contribution in [3.63, 3.8) is 0 Å². The van der Waals surface area contributed by atoms with Crippen molar-refractivity contribution in [3.05, 3.63) is 99.2 Å². The first kappa shape index (κ1) is 23.7. The molecular formula is C28H27ClN2O3. The van der Waals surface area contributed by atoms with Gasteiger partial charge in [0.05, 0.1) is 5.69 Å². The predicted molar refractivity (Wildman–Crippen MR) is 139 cm³/mol. The molecule has 2 aromatic carbocycles. The molecule has 0 saturated heterocycles. The molecule has 5 aromatic rings. The van der Waals surface area contributed by atoms with Crippen molar-refractivity contribution in [3.8, 4) is 11.3 Å². The second-order valence-corrected chi connectivity index (χ2v) is 8.50. The first-order chi connectivity index (χ1) is 16.0. The lowest BCUT2D eigenvalue weighted by atomic mass is 10.0. The number of halogens is 1. The van der Waals surface area contributed by atoms with Gasteiger partial charge in [-0.25, -0.2) is 4.79 Å². The Balaban J connectivity index is 0.00000274. The fourth-order valence-corrected chi connectivity index (χ4v) is 4.24.